The van der Waals surface area contributed by atoms with Crippen molar-refractivity contribution in [2.24, 2.45) is 0 Å². The summed E-state index contributed by atoms with van der Waals surface area (Å²) < 4.78 is 5.91. The smallest absolute Gasteiger partial charge is 0.170 e. The maximum absolute atomic E-state index is 12.3. The summed E-state index contributed by atoms with van der Waals surface area (Å²) in [6, 6.07) is 14.7. The molecule has 4 rings (SSSR count). The van der Waals surface area contributed by atoms with Gasteiger partial charge in [0.05, 0.1) is 23.0 Å². The molecule has 1 unspecified atom stereocenters. The summed E-state index contributed by atoms with van der Waals surface area (Å²) in [5, 5.41) is 0.274. The molecule has 1 atom stereocenters. The molecule has 1 aliphatic heterocycles. The molecule has 0 fully saturated rings. The van der Waals surface area contributed by atoms with Crippen LogP contribution in [0.1, 0.15) is 28.6 Å². The third-order valence-corrected chi connectivity index (χ3v) is 3.96. The minimum Gasteiger partial charge on any atom is -0.483 e. The SMILES string of the molecule is O=C1CC(c2nc3ccccc3nc2Cl)Oc2ccccc21. The second-order valence-corrected chi connectivity index (χ2v) is 5.48. The molecule has 0 N–H and O–H groups in total. The van der Waals surface area contributed by atoms with E-state index < -0.39 is 6.10 Å². The van der Waals surface area contributed by atoms with E-state index in [1.54, 1.807) is 12.1 Å². The molecule has 108 valence electrons. The number of ether oxygens (including phenoxy) is 1. The van der Waals surface area contributed by atoms with Gasteiger partial charge in [-0.15, -0.1) is 0 Å². The number of ketones is 1. The molecule has 4 nitrogen and oxygen atoms in total. The van der Waals surface area contributed by atoms with Crippen LogP contribution in [0, 0.1) is 0 Å². The standard InChI is InChI=1S/C17H11ClN2O2/c18-17-16(19-11-6-2-3-7-12(11)20-17)15-9-13(21)10-5-1-4-8-14(10)22-15/h1-8,15H,9H2. The molecule has 2 aromatic carbocycles. The van der Waals surface area contributed by atoms with E-state index in [9.17, 15) is 4.79 Å². The van der Waals surface area contributed by atoms with Crippen molar-refractivity contribution in [2.75, 3.05) is 0 Å². The maximum atomic E-state index is 12.3. The third kappa shape index (κ3) is 2.12. The van der Waals surface area contributed by atoms with Crippen molar-refractivity contribution < 1.29 is 9.53 Å². The maximum Gasteiger partial charge on any atom is 0.170 e. The van der Waals surface area contributed by atoms with Crippen molar-refractivity contribution in [1.82, 2.24) is 9.97 Å². The second-order valence-electron chi connectivity index (χ2n) is 5.12. The van der Waals surface area contributed by atoms with Gasteiger partial charge in [-0.2, -0.15) is 0 Å². The van der Waals surface area contributed by atoms with Crippen LogP contribution in [0.2, 0.25) is 5.15 Å². The number of hydrogen-bond donors (Lipinski definition) is 0. The highest BCUT2D eigenvalue weighted by atomic mass is 35.5. The van der Waals surface area contributed by atoms with Crippen LogP contribution in [0.25, 0.3) is 11.0 Å². The molecule has 0 aliphatic carbocycles. The molecule has 0 radical (unpaired) electrons. The number of carbonyl (C=O) groups excluding carboxylic acids is 1. The summed E-state index contributed by atoms with van der Waals surface area (Å²) in [4.78, 5) is 21.2. The quantitative estimate of drug-likeness (QED) is 0.682. The molecule has 22 heavy (non-hydrogen) atoms. The summed E-state index contributed by atoms with van der Waals surface area (Å²) in [6.07, 6.45) is -0.295. The Morgan fingerprint density at radius 1 is 1.00 bits per heavy atom. The van der Waals surface area contributed by atoms with E-state index >= 15 is 0 Å². The molecular weight excluding hydrogens is 300 g/mol. The average molecular weight is 311 g/mol. The first kappa shape index (κ1) is 13.2. The van der Waals surface area contributed by atoms with Gasteiger partial charge >= 0.3 is 0 Å². The van der Waals surface area contributed by atoms with Crippen molar-refractivity contribution in [3.8, 4) is 5.75 Å². The Morgan fingerprint density at radius 3 is 2.50 bits per heavy atom. The number of fused-ring (bicyclic) bond motifs is 2. The Labute approximate surface area is 131 Å². The number of nitrogens with zero attached hydrogens (tertiary/aromatic N) is 2. The van der Waals surface area contributed by atoms with Crippen LogP contribution >= 0.6 is 11.6 Å². The zero-order valence-corrected chi connectivity index (χ0v) is 12.2. The summed E-state index contributed by atoms with van der Waals surface area (Å²) in [7, 11) is 0. The number of carbonyl (C=O) groups is 1. The lowest BCUT2D eigenvalue weighted by atomic mass is 9.99. The fourth-order valence-corrected chi connectivity index (χ4v) is 2.88. The molecule has 2 heterocycles. The topological polar surface area (TPSA) is 52.1 Å². The Balaban J connectivity index is 1.80. The predicted octanol–water partition coefficient (Wildman–Crippen LogP) is 3.99. The molecule has 0 spiro atoms. The van der Waals surface area contributed by atoms with Crippen molar-refractivity contribution >= 4 is 28.4 Å². The van der Waals surface area contributed by atoms with Gasteiger partial charge in [0.2, 0.25) is 0 Å². The highest BCUT2D eigenvalue weighted by Crippen LogP contribution is 2.36. The van der Waals surface area contributed by atoms with Gasteiger partial charge in [0.1, 0.15) is 11.4 Å². The first-order valence-electron chi connectivity index (χ1n) is 6.93. The van der Waals surface area contributed by atoms with Crippen molar-refractivity contribution in [3.63, 3.8) is 0 Å². The van der Waals surface area contributed by atoms with Gasteiger partial charge in [0.25, 0.3) is 0 Å². The highest BCUT2D eigenvalue weighted by Gasteiger charge is 2.30. The largest absolute Gasteiger partial charge is 0.483 e. The average Bonchev–Trinajstić information content (AvgIpc) is 2.54. The third-order valence-electron chi connectivity index (χ3n) is 3.69. The van der Waals surface area contributed by atoms with Gasteiger partial charge in [-0.25, -0.2) is 9.97 Å². The van der Waals surface area contributed by atoms with Gasteiger partial charge in [0.15, 0.2) is 17.0 Å². The van der Waals surface area contributed by atoms with E-state index in [2.05, 4.69) is 9.97 Å². The lowest BCUT2D eigenvalue weighted by molar-refractivity contribution is 0.0845. The number of hydrogen-bond acceptors (Lipinski definition) is 4. The van der Waals surface area contributed by atoms with E-state index in [1.165, 1.54) is 0 Å². The van der Waals surface area contributed by atoms with E-state index in [0.29, 0.717) is 17.0 Å². The molecule has 1 aliphatic rings. The van der Waals surface area contributed by atoms with Crippen LogP contribution in [0.5, 0.6) is 5.75 Å². The fourth-order valence-electron chi connectivity index (χ4n) is 2.62. The highest BCUT2D eigenvalue weighted by molar-refractivity contribution is 6.30. The molecule has 5 heteroatoms. The van der Waals surface area contributed by atoms with Crippen molar-refractivity contribution in [3.05, 3.63) is 64.9 Å². The lowest BCUT2D eigenvalue weighted by Crippen LogP contribution is -2.21. The number of para-hydroxylation sites is 3. The van der Waals surface area contributed by atoms with E-state index in [1.807, 2.05) is 36.4 Å². The number of benzene rings is 2. The molecule has 3 aromatic rings. The van der Waals surface area contributed by atoms with Gasteiger partial charge in [-0.3, -0.25) is 4.79 Å². The number of rotatable bonds is 1. The zero-order valence-electron chi connectivity index (χ0n) is 11.5. The van der Waals surface area contributed by atoms with E-state index in [-0.39, 0.29) is 17.4 Å². The van der Waals surface area contributed by atoms with Crippen LogP contribution in [0.4, 0.5) is 0 Å². The fraction of sp³-hybridized carbons (Fsp3) is 0.118. The minimum absolute atomic E-state index is 0.0258. The van der Waals surface area contributed by atoms with E-state index in [4.69, 9.17) is 16.3 Å². The van der Waals surface area contributed by atoms with Gasteiger partial charge in [-0.1, -0.05) is 35.9 Å². The van der Waals surface area contributed by atoms with E-state index in [0.717, 1.165) is 11.0 Å². The van der Waals surface area contributed by atoms with Gasteiger partial charge < -0.3 is 4.74 Å². The number of halogens is 1. The van der Waals surface area contributed by atoms with Gasteiger partial charge in [0, 0.05) is 0 Å². The normalized spacial score (nSPS) is 17.1. The first-order valence-corrected chi connectivity index (χ1v) is 7.31. The minimum atomic E-state index is -0.507. The Hall–Kier alpha value is -2.46. The molecule has 0 saturated heterocycles. The first-order chi connectivity index (χ1) is 10.7. The van der Waals surface area contributed by atoms with Crippen LogP contribution in [-0.2, 0) is 0 Å². The molecule has 0 bridgehead atoms. The number of Topliss-reactive ketones (excluding diaryl/α,β-unsaturated/α-hetero) is 1. The summed E-state index contributed by atoms with van der Waals surface area (Å²) >= 11 is 6.25. The summed E-state index contributed by atoms with van der Waals surface area (Å²) in [6.45, 7) is 0. The predicted molar refractivity (Wildman–Crippen MR) is 83.3 cm³/mol. The lowest BCUT2D eigenvalue weighted by Gasteiger charge is -2.25. The van der Waals surface area contributed by atoms with Gasteiger partial charge in [-0.05, 0) is 24.3 Å². The molecule has 1 aromatic heterocycles. The zero-order chi connectivity index (χ0) is 15.1. The summed E-state index contributed by atoms with van der Waals surface area (Å²) in [5.74, 6) is 0.590. The molecule has 0 saturated carbocycles. The van der Waals surface area contributed by atoms with Crippen LogP contribution < -0.4 is 4.74 Å². The second kappa shape index (κ2) is 5.07. The van der Waals surface area contributed by atoms with Crippen molar-refractivity contribution in [1.29, 1.82) is 0 Å². The van der Waals surface area contributed by atoms with Crippen molar-refractivity contribution in [2.45, 2.75) is 12.5 Å². The van der Waals surface area contributed by atoms with Crippen LogP contribution in [-0.4, -0.2) is 15.8 Å². The summed E-state index contributed by atoms with van der Waals surface area (Å²) in [5.41, 5.74) is 2.56. The number of aromatic nitrogens is 2. The Bertz CT molecular complexity index is 895. The van der Waals surface area contributed by atoms with Crippen LogP contribution in [0.15, 0.2) is 48.5 Å². The van der Waals surface area contributed by atoms with Crippen LogP contribution in [0.3, 0.4) is 0 Å². The molecule has 0 amide bonds. The monoisotopic (exact) mass is 310 g/mol. The molecular formula is C17H11ClN2O2. The Morgan fingerprint density at radius 2 is 1.68 bits per heavy atom. The Kier molecular flexibility index (Phi) is 3.05.